The fourth-order valence-corrected chi connectivity index (χ4v) is 3.45. The van der Waals surface area contributed by atoms with E-state index in [0.717, 1.165) is 0 Å². The molecule has 0 unspecified atom stereocenters. The molecule has 0 saturated carbocycles. The first-order chi connectivity index (χ1) is 12.1. The molecule has 0 aliphatic heterocycles. The Balaban J connectivity index is 0.000000511. The summed E-state index contributed by atoms with van der Waals surface area (Å²) in [6.45, 7) is 3.41. The minimum Gasteiger partial charge on any atom is -0.205 e. The van der Waals surface area contributed by atoms with Crippen LogP contribution in [-0.4, -0.2) is 27.9 Å². The summed E-state index contributed by atoms with van der Waals surface area (Å²) in [6, 6.07) is 6.22. The van der Waals surface area contributed by atoms with Gasteiger partial charge in [-0.1, -0.05) is 30.0 Å². The second-order valence-corrected chi connectivity index (χ2v) is 8.76. The zero-order chi connectivity index (χ0) is 21.4. The van der Waals surface area contributed by atoms with Crippen LogP contribution in [0.2, 0.25) is 0 Å². The molecule has 0 aliphatic carbocycles. The van der Waals surface area contributed by atoms with E-state index in [1.807, 2.05) is 0 Å². The van der Waals surface area contributed by atoms with Crippen molar-refractivity contribution in [3.8, 4) is 0 Å². The van der Waals surface area contributed by atoms with Gasteiger partial charge in [0.25, 0.3) is 0 Å². The Hall–Kier alpha value is -1.41. The molecule has 0 radical (unpaired) electrons. The lowest BCUT2D eigenvalue weighted by atomic mass is 10.2. The first-order valence-electron chi connectivity index (χ1n) is 7.49. The van der Waals surface area contributed by atoms with Crippen molar-refractivity contribution < 1.29 is 47.7 Å². The molecule has 1 aromatic rings. The van der Waals surface area contributed by atoms with E-state index in [0.29, 0.717) is 0 Å². The van der Waals surface area contributed by atoms with Crippen molar-refractivity contribution >= 4 is 20.0 Å². The number of alkyl halides is 6. The number of nitrogens with one attached hydrogen (secondary N) is 1. The van der Waals surface area contributed by atoms with Crippen molar-refractivity contribution in [2.24, 2.45) is 0 Å². The van der Waals surface area contributed by atoms with Crippen molar-refractivity contribution in [3.05, 3.63) is 30.6 Å². The molecule has 1 heterocycles. The van der Waals surface area contributed by atoms with Gasteiger partial charge in [-0.15, -0.1) is 0 Å². The number of hydrogen-bond acceptors (Lipinski definition) is 4. The summed E-state index contributed by atoms with van der Waals surface area (Å²) >= 11 is 0. The Labute approximate surface area is 153 Å². The summed E-state index contributed by atoms with van der Waals surface area (Å²) in [6.07, 6.45) is 9.62. The van der Waals surface area contributed by atoms with Gasteiger partial charge in [0.05, 0.1) is 0 Å². The summed E-state index contributed by atoms with van der Waals surface area (Å²) in [4.78, 5) is 0. The van der Waals surface area contributed by atoms with Crippen LogP contribution < -0.4 is 8.69 Å². The van der Waals surface area contributed by atoms with Gasteiger partial charge in [-0.25, -0.2) is 21.4 Å². The Morgan fingerprint density at radius 1 is 0.778 bits per heavy atom. The van der Waals surface area contributed by atoms with Gasteiger partial charge < -0.3 is 0 Å². The minimum absolute atomic E-state index is 0.493. The highest BCUT2D eigenvalue weighted by molar-refractivity contribution is 8.05. The van der Waals surface area contributed by atoms with E-state index >= 15 is 0 Å². The molecule has 14 heteroatoms. The largest absolute Gasteiger partial charge is 0.512 e. The molecule has 0 aliphatic rings. The second-order valence-electron chi connectivity index (χ2n) is 5.16. The van der Waals surface area contributed by atoms with Gasteiger partial charge in [0.1, 0.15) is 6.54 Å². The number of aromatic nitrogens is 1. The summed E-state index contributed by atoms with van der Waals surface area (Å²) < 4.78 is 111. The maximum atomic E-state index is 11.5. The van der Waals surface area contributed by atoms with Crippen molar-refractivity contribution in [3.63, 3.8) is 0 Å². The third kappa shape index (κ3) is 9.37. The molecule has 0 bridgehead atoms. The highest BCUT2D eigenvalue weighted by Crippen LogP contribution is 2.27. The lowest BCUT2D eigenvalue weighted by molar-refractivity contribution is -0.697. The Morgan fingerprint density at radius 3 is 1.59 bits per heavy atom. The number of rotatable bonds is 7. The standard InChI is InChI=1S/C11H18N.C2HF6NO4S2/c1-2-3-4-6-9-12-10-7-5-8-11-12;3-1(4,5)14(10,11)9-15(12,13)2(6,7)8/h5,7-8,10-11H,2-4,6,9H2,1H3;9H/q+1;. The molecular formula is C13H19F6N2O4S2+. The zero-order valence-electron chi connectivity index (χ0n) is 14.1. The topological polar surface area (TPSA) is 84.2 Å². The number of hydrogen-bond donors (Lipinski definition) is 1. The molecule has 1 aromatic heterocycles. The lowest BCUT2D eigenvalue weighted by Crippen LogP contribution is -2.45. The van der Waals surface area contributed by atoms with Crippen LogP contribution in [-0.2, 0) is 26.6 Å². The van der Waals surface area contributed by atoms with Crippen molar-refractivity contribution in [1.29, 1.82) is 0 Å². The van der Waals surface area contributed by atoms with Gasteiger partial charge in [0.15, 0.2) is 12.4 Å². The number of unbranched alkanes of at least 4 members (excludes halogenated alkanes) is 3. The van der Waals surface area contributed by atoms with Crippen LogP contribution in [0.25, 0.3) is 0 Å². The number of halogens is 6. The van der Waals surface area contributed by atoms with Crippen molar-refractivity contribution in [1.82, 2.24) is 4.13 Å². The van der Waals surface area contributed by atoms with Crippen LogP contribution in [0.4, 0.5) is 26.3 Å². The maximum Gasteiger partial charge on any atom is 0.512 e. The predicted molar refractivity (Wildman–Crippen MR) is 83.9 cm³/mol. The molecule has 0 aromatic carbocycles. The van der Waals surface area contributed by atoms with Crippen molar-refractivity contribution in [2.75, 3.05) is 0 Å². The molecule has 1 N–H and O–H groups in total. The SMILES string of the molecule is CCCCCC[n+]1ccccc1.O=S(=O)(NS(=O)(=O)C(F)(F)F)C(F)(F)F. The molecule has 6 nitrogen and oxygen atoms in total. The van der Waals surface area contributed by atoms with Gasteiger partial charge in [0.2, 0.25) is 0 Å². The normalized spacial score (nSPS) is 13.0. The number of pyridine rings is 1. The fourth-order valence-electron chi connectivity index (χ4n) is 1.54. The molecule has 0 spiro atoms. The summed E-state index contributed by atoms with van der Waals surface area (Å²) in [7, 11) is -13.2. The van der Waals surface area contributed by atoms with Gasteiger partial charge in [0, 0.05) is 18.6 Å². The van der Waals surface area contributed by atoms with E-state index in [1.54, 1.807) is 0 Å². The monoisotopic (exact) mass is 445 g/mol. The van der Waals surface area contributed by atoms with Crippen LogP contribution in [0.3, 0.4) is 0 Å². The molecule has 0 saturated heterocycles. The van der Waals surface area contributed by atoms with E-state index in [1.165, 1.54) is 32.2 Å². The highest BCUT2D eigenvalue weighted by Gasteiger charge is 2.55. The average Bonchev–Trinajstić information content (AvgIpc) is 2.50. The average molecular weight is 445 g/mol. The van der Waals surface area contributed by atoms with Gasteiger partial charge in [-0.2, -0.15) is 26.3 Å². The van der Waals surface area contributed by atoms with Crippen molar-refractivity contribution in [2.45, 2.75) is 50.2 Å². The predicted octanol–water partition coefficient (Wildman–Crippen LogP) is 2.83. The Kier molecular flexibility index (Phi) is 9.69. The van der Waals surface area contributed by atoms with Crippen LogP contribution in [0.5, 0.6) is 0 Å². The number of nitrogens with zero attached hydrogens (tertiary/aromatic N) is 1. The molecule has 158 valence electrons. The summed E-state index contributed by atoms with van der Waals surface area (Å²) in [5.74, 6) is 0. The van der Waals surface area contributed by atoms with Gasteiger partial charge in [-0.3, -0.25) is 0 Å². The van der Waals surface area contributed by atoms with Gasteiger partial charge in [-0.05, 0) is 6.42 Å². The maximum absolute atomic E-state index is 11.5. The van der Waals surface area contributed by atoms with Crippen LogP contribution in [0.15, 0.2) is 30.6 Å². The van der Waals surface area contributed by atoms with Crippen LogP contribution in [0, 0.1) is 0 Å². The molecule has 1 rings (SSSR count). The van der Waals surface area contributed by atoms with E-state index < -0.39 is 35.2 Å². The van der Waals surface area contributed by atoms with E-state index in [9.17, 15) is 43.2 Å². The first-order valence-corrected chi connectivity index (χ1v) is 10.5. The summed E-state index contributed by atoms with van der Waals surface area (Å²) in [5, 5.41) is 0. The number of sulfonamides is 2. The van der Waals surface area contributed by atoms with E-state index in [-0.39, 0.29) is 0 Å². The van der Waals surface area contributed by atoms with Gasteiger partial charge >= 0.3 is 31.1 Å². The first kappa shape index (κ1) is 25.6. The smallest absolute Gasteiger partial charge is 0.205 e. The third-order valence-electron chi connectivity index (χ3n) is 2.88. The van der Waals surface area contributed by atoms with E-state index in [2.05, 4.69) is 42.1 Å². The fraction of sp³-hybridized carbons (Fsp3) is 0.615. The molecule has 0 atom stereocenters. The number of aryl methyl sites for hydroxylation is 1. The second kappa shape index (κ2) is 10.2. The zero-order valence-corrected chi connectivity index (χ0v) is 15.7. The lowest BCUT2D eigenvalue weighted by Gasteiger charge is -2.11. The Bertz CT molecular complexity index is 720. The third-order valence-corrected chi connectivity index (χ3v) is 5.85. The molecular weight excluding hydrogens is 426 g/mol. The Morgan fingerprint density at radius 2 is 1.22 bits per heavy atom. The molecule has 0 amide bonds. The minimum atomic E-state index is -6.60. The van der Waals surface area contributed by atoms with Crippen LogP contribution >= 0.6 is 0 Å². The quantitative estimate of drug-likeness (QED) is 0.398. The molecule has 27 heavy (non-hydrogen) atoms. The molecule has 0 fully saturated rings. The van der Waals surface area contributed by atoms with Crippen LogP contribution in [0.1, 0.15) is 32.6 Å². The van der Waals surface area contributed by atoms with E-state index in [4.69, 9.17) is 0 Å². The summed E-state index contributed by atoms with van der Waals surface area (Å²) in [5.41, 5.74) is -12.3. The highest BCUT2D eigenvalue weighted by atomic mass is 32.3.